The smallest absolute Gasteiger partial charge is 0.119 e. The van der Waals surface area contributed by atoms with Crippen molar-refractivity contribution in [1.82, 2.24) is 9.80 Å². The van der Waals surface area contributed by atoms with Crippen LogP contribution >= 0.6 is 0 Å². The van der Waals surface area contributed by atoms with Crippen LogP contribution < -0.4 is 4.74 Å². The molecule has 3 heteroatoms. The van der Waals surface area contributed by atoms with Crippen molar-refractivity contribution >= 4 is 0 Å². The molecular weight excluding hydrogens is 476 g/mol. The van der Waals surface area contributed by atoms with Gasteiger partial charge in [0.25, 0.3) is 0 Å². The van der Waals surface area contributed by atoms with Gasteiger partial charge >= 0.3 is 0 Å². The third-order valence-electron chi connectivity index (χ3n) is 8.43. The Morgan fingerprint density at radius 3 is 1.44 bits per heavy atom. The first kappa shape index (κ1) is 31.7. The number of ether oxygens (including phenoxy) is 1. The fourth-order valence-electron chi connectivity index (χ4n) is 5.79. The molecule has 1 heterocycles. The Bertz CT molecular complexity index is 814. The van der Waals surface area contributed by atoms with E-state index >= 15 is 0 Å². The largest absolute Gasteiger partial charge is 0.492 e. The highest BCUT2D eigenvalue weighted by Crippen LogP contribution is 2.22. The molecular formula is C36H58N2O. The van der Waals surface area contributed by atoms with Crippen molar-refractivity contribution in [2.45, 2.75) is 110 Å². The molecule has 1 aliphatic rings. The van der Waals surface area contributed by atoms with Crippen LogP contribution in [0.25, 0.3) is 11.1 Å². The average Bonchev–Trinajstić information content (AvgIpc) is 2.98. The van der Waals surface area contributed by atoms with Crippen molar-refractivity contribution in [2.75, 3.05) is 45.9 Å². The van der Waals surface area contributed by atoms with E-state index in [0.29, 0.717) is 0 Å². The number of nitrogens with zero attached hydrogens (tertiary/aromatic N) is 2. The second-order valence-corrected chi connectivity index (χ2v) is 11.7. The van der Waals surface area contributed by atoms with Crippen molar-refractivity contribution in [3.8, 4) is 16.9 Å². The maximum absolute atomic E-state index is 6.03. The van der Waals surface area contributed by atoms with Gasteiger partial charge in [0.1, 0.15) is 12.4 Å². The lowest BCUT2D eigenvalue weighted by Gasteiger charge is -2.34. The van der Waals surface area contributed by atoms with Crippen LogP contribution in [-0.4, -0.2) is 55.7 Å². The number of rotatable bonds is 22. The Balaban J connectivity index is 1.08. The molecule has 0 aliphatic carbocycles. The normalized spacial score (nSPS) is 14.6. The van der Waals surface area contributed by atoms with Gasteiger partial charge in [-0.15, -0.1) is 0 Å². The highest BCUT2D eigenvalue weighted by molar-refractivity contribution is 5.63. The van der Waals surface area contributed by atoms with E-state index in [-0.39, 0.29) is 0 Å². The summed E-state index contributed by atoms with van der Waals surface area (Å²) in [6, 6.07) is 19.0. The highest BCUT2D eigenvalue weighted by Gasteiger charge is 2.16. The van der Waals surface area contributed by atoms with Gasteiger partial charge in [0.05, 0.1) is 0 Å². The lowest BCUT2D eigenvalue weighted by Crippen LogP contribution is -2.47. The molecule has 218 valence electrons. The Kier molecular flexibility index (Phi) is 17.0. The van der Waals surface area contributed by atoms with Gasteiger partial charge in [-0.3, -0.25) is 4.90 Å². The van der Waals surface area contributed by atoms with Gasteiger partial charge in [-0.1, -0.05) is 146 Å². The van der Waals surface area contributed by atoms with Crippen molar-refractivity contribution in [2.24, 2.45) is 0 Å². The van der Waals surface area contributed by atoms with Gasteiger partial charge in [-0.2, -0.15) is 0 Å². The first-order chi connectivity index (χ1) is 19.3. The van der Waals surface area contributed by atoms with Gasteiger partial charge in [0.2, 0.25) is 0 Å². The lowest BCUT2D eigenvalue weighted by molar-refractivity contribution is 0.115. The molecule has 2 aromatic carbocycles. The van der Waals surface area contributed by atoms with Gasteiger partial charge in [0, 0.05) is 32.7 Å². The first-order valence-electron chi connectivity index (χ1n) is 16.6. The molecule has 0 aromatic heterocycles. The number of hydrogen-bond acceptors (Lipinski definition) is 3. The fourth-order valence-corrected chi connectivity index (χ4v) is 5.79. The van der Waals surface area contributed by atoms with Gasteiger partial charge in [-0.05, 0) is 36.2 Å². The summed E-state index contributed by atoms with van der Waals surface area (Å²) in [6.45, 7) is 10.2. The van der Waals surface area contributed by atoms with E-state index in [1.54, 1.807) is 0 Å². The molecule has 39 heavy (non-hydrogen) atoms. The number of piperazine rings is 1. The second kappa shape index (κ2) is 21.0. The predicted molar refractivity (Wildman–Crippen MR) is 170 cm³/mol. The van der Waals surface area contributed by atoms with E-state index in [2.05, 4.69) is 71.3 Å². The van der Waals surface area contributed by atoms with Gasteiger partial charge < -0.3 is 9.64 Å². The van der Waals surface area contributed by atoms with E-state index in [1.807, 2.05) is 0 Å². The molecule has 3 nitrogen and oxygen atoms in total. The summed E-state index contributed by atoms with van der Waals surface area (Å²) in [5.74, 6) is 0.969. The minimum absolute atomic E-state index is 0.768. The highest BCUT2D eigenvalue weighted by atomic mass is 16.5. The van der Waals surface area contributed by atoms with E-state index in [0.717, 1.165) is 18.9 Å². The van der Waals surface area contributed by atoms with E-state index in [4.69, 9.17) is 4.74 Å². The zero-order valence-corrected chi connectivity index (χ0v) is 25.3. The molecule has 0 atom stereocenters. The summed E-state index contributed by atoms with van der Waals surface area (Å²) in [5.41, 5.74) is 2.49. The standard InChI is InChI=1S/C36H58N2O/c1-2-3-4-5-6-7-8-9-10-11-12-13-14-15-16-20-27-37-28-30-38(31-29-37)32-33-39-36-25-23-35(24-26-36)34-21-18-17-19-22-34/h17-19,21-26H,2-16,20,27-33H2,1H3. The molecule has 2 aromatic rings. The van der Waals surface area contributed by atoms with E-state index in [9.17, 15) is 0 Å². The van der Waals surface area contributed by atoms with Gasteiger partial charge in [0.15, 0.2) is 0 Å². The molecule has 0 spiro atoms. The Morgan fingerprint density at radius 1 is 0.487 bits per heavy atom. The van der Waals surface area contributed by atoms with Crippen LogP contribution in [0.15, 0.2) is 54.6 Å². The molecule has 1 fully saturated rings. The number of unbranched alkanes of at least 4 members (excludes halogenated alkanes) is 15. The molecule has 0 bridgehead atoms. The van der Waals surface area contributed by atoms with Crippen molar-refractivity contribution in [3.63, 3.8) is 0 Å². The Hall–Kier alpha value is -1.84. The topological polar surface area (TPSA) is 15.7 Å². The third-order valence-corrected chi connectivity index (χ3v) is 8.43. The minimum Gasteiger partial charge on any atom is -0.492 e. The van der Waals surface area contributed by atoms with Crippen LogP contribution in [0.4, 0.5) is 0 Å². The van der Waals surface area contributed by atoms with Gasteiger partial charge in [-0.25, -0.2) is 0 Å². The molecule has 0 radical (unpaired) electrons. The average molecular weight is 535 g/mol. The molecule has 0 N–H and O–H groups in total. The summed E-state index contributed by atoms with van der Waals surface area (Å²) in [5, 5.41) is 0. The van der Waals surface area contributed by atoms with E-state index in [1.165, 1.54) is 147 Å². The van der Waals surface area contributed by atoms with Crippen LogP contribution in [-0.2, 0) is 0 Å². The predicted octanol–water partition coefficient (Wildman–Crippen LogP) is 9.61. The number of benzene rings is 2. The quantitative estimate of drug-likeness (QED) is 0.140. The monoisotopic (exact) mass is 534 g/mol. The molecule has 3 rings (SSSR count). The fraction of sp³-hybridized carbons (Fsp3) is 0.667. The summed E-state index contributed by atoms with van der Waals surface area (Å²) in [6.07, 6.45) is 23.1. The summed E-state index contributed by atoms with van der Waals surface area (Å²) in [4.78, 5) is 5.23. The molecule has 0 amide bonds. The number of hydrogen-bond donors (Lipinski definition) is 0. The van der Waals surface area contributed by atoms with Crippen LogP contribution in [0.1, 0.15) is 110 Å². The third kappa shape index (κ3) is 14.4. The Labute approximate surface area is 241 Å². The molecule has 0 unspecified atom stereocenters. The second-order valence-electron chi connectivity index (χ2n) is 11.7. The van der Waals surface area contributed by atoms with Crippen molar-refractivity contribution in [1.29, 1.82) is 0 Å². The molecule has 1 aliphatic heterocycles. The maximum atomic E-state index is 6.03. The lowest BCUT2D eigenvalue weighted by atomic mass is 10.0. The van der Waals surface area contributed by atoms with Crippen molar-refractivity contribution < 1.29 is 4.74 Å². The summed E-state index contributed by atoms with van der Waals surface area (Å²) < 4.78 is 6.03. The summed E-state index contributed by atoms with van der Waals surface area (Å²) in [7, 11) is 0. The van der Waals surface area contributed by atoms with Crippen LogP contribution in [0.2, 0.25) is 0 Å². The van der Waals surface area contributed by atoms with Crippen LogP contribution in [0.5, 0.6) is 5.75 Å². The SMILES string of the molecule is CCCCCCCCCCCCCCCCCCN1CCN(CCOc2ccc(-c3ccccc3)cc2)CC1. The van der Waals surface area contributed by atoms with Crippen LogP contribution in [0.3, 0.4) is 0 Å². The van der Waals surface area contributed by atoms with E-state index < -0.39 is 0 Å². The van der Waals surface area contributed by atoms with Crippen molar-refractivity contribution in [3.05, 3.63) is 54.6 Å². The van der Waals surface area contributed by atoms with Crippen LogP contribution in [0, 0.1) is 0 Å². The zero-order valence-electron chi connectivity index (χ0n) is 25.3. The maximum Gasteiger partial charge on any atom is 0.119 e. The minimum atomic E-state index is 0.768. The first-order valence-corrected chi connectivity index (χ1v) is 16.6. The summed E-state index contributed by atoms with van der Waals surface area (Å²) >= 11 is 0. The molecule has 0 saturated carbocycles. The zero-order chi connectivity index (χ0) is 27.2. The molecule has 1 saturated heterocycles. The Morgan fingerprint density at radius 2 is 0.923 bits per heavy atom.